The standard InChI is InChI=1S/C23H19F3N4O2/c1-3-32-18-9-7-15(8-10-18)19-11-14(2)30-21(28-19)13-20(29-30)22(31)27-17-6-4-5-16(12-17)23(24,25)26/h4-13H,3H2,1-2H3,(H,27,31). The lowest BCUT2D eigenvalue weighted by Crippen LogP contribution is -2.14. The number of alkyl halides is 3. The van der Waals surface area contributed by atoms with Crippen molar-refractivity contribution in [2.45, 2.75) is 20.0 Å². The molecule has 32 heavy (non-hydrogen) atoms. The topological polar surface area (TPSA) is 68.5 Å². The Morgan fingerprint density at radius 2 is 1.84 bits per heavy atom. The molecule has 0 aliphatic heterocycles. The molecule has 9 heteroatoms. The van der Waals surface area contributed by atoms with E-state index in [4.69, 9.17) is 4.74 Å². The van der Waals surface area contributed by atoms with Crippen molar-refractivity contribution in [2.75, 3.05) is 11.9 Å². The third kappa shape index (κ3) is 4.41. The fourth-order valence-corrected chi connectivity index (χ4v) is 3.24. The summed E-state index contributed by atoms with van der Waals surface area (Å²) in [7, 11) is 0. The molecular formula is C23H19F3N4O2. The van der Waals surface area contributed by atoms with E-state index in [9.17, 15) is 18.0 Å². The normalized spacial score (nSPS) is 11.5. The minimum atomic E-state index is -4.50. The zero-order valence-corrected chi connectivity index (χ0v) is 17.3. The summed E-state index contributed by atoms with van der Waals surface area (Å²) in [5.74, 6) is 0.129. The second kappa shape index (κ2) is 8.33. The molecule has 4 rings (SSSR count). The van der Waals surface area contributed by atoms with E-state index in [0.29, 0.717) is 17.9 Å². The Morgan fingerprint density at radius 3 is 2.53 bits per heavy atom. The van der Waals surface area contributed by atoms with Crippen molar-refractivity contribution in [3.63, 3.8) is 0 Å². The largest absolute Gasteiger partial charge is 0.494 e. The SMILES string of the molecule is CCOc1ccc(-c2cc(C)n3nc(C(=O)Nc4cccc(C(F)(F)F)c4)cc3n2)cc1. The highest BCUT2D eigenvalue weighted by Crippen LogP contribution is 2.31. The third-order valence-corrected chi connectivity index (χ3v) is 4.75. The van der Waals surface area contributed by atoms with Gasteiger partial charge in [0.1, 0.15) is 5.75 Å². The number of aromatic nitrogens is 3. The summed E-state index contributed by atoms with van der Waals surface area (Å²) < 4.78 is 45.7. The molecule has 6 nitrogen and oxygen atoms in total. The first-order valence-corrected chi connectivity index (χ1v) is 9.84. The minimum Gasteiger partial charge on any atom is -0.494 e. The Balaban J connectivity index is 1.61. The number of anilines is 1. The van der Waals surface area contributed by atoms with Crippen LogP contribution < -0.4 is 10.1 Å². The van der Waals surface area contributed by atoms with E-state index in [1.165, 1.54) is 22.7 Å². The first-order chi connectivity index (χ1) is 15.2. The molecule has 1 N–H and O–H groups in total. The first kappa shape index (κ1) is 21.4. The van der Waals surface area contributed by atoms with Gasteiger partial charge >= 0.3 is 6.18 Å². The molecule has 2 heterocycles. The molecule has 0 fully saturated rings. The van der Waals surface area contributed by atoms with Gasteiger partial charge in [-0.1, -0.05) is 6.07 Å². The molecule has 0 aliphatic rings. The van der Waals surface area contributed by atoms with Gasteiger partial charge in [0.25, 0.3) is 5.91 Å². The van der Waals surface area contributed by atoms with Crippen LogP contribution in [0.5, 0.6) is 5.75 Å². The van der Waals surface area contributed by atoms with E-state index in [-0.39, 0.29) is 11.4 Å². The molecule has 4 aromatic rings. The number of fused-ring (bicyclic) bond motifs is 1. The fourth-order valence-electron chi connectivity index (χ4n) is 3.24. The second-order valence-corrected chi connectivity index (χ2v) is 7.07. The maximum absolute atomic E-state index is 12.9. The average molecular weight is 440 g/mol. The average Bonchev–Trinajstić information content (AvgIpc) is 3.19. The molecule has 0 unspecified atom stereocenters. The summed E-state index contributed by atoms with van der Waals surface area (Å²) in [5.41, 5.74) is 1.99. The number of hydrogen-bond acceptors (Lipinski definition) is 4. The van der Waals surface area contributed by atoms with Gasteiger partial charge in [0.15, 0.2) is 11.3 Å². The highest BCUT2D eigenvalue weighted by molar-refractivity contribution is 6.03. The Hall–Kier alpha value is -3.88. The predicted octanol–water partition coefficient (Wildman–Crippen LogP) is 5.37. The van der Waals surface area contributed by atoms with E-state index in [2.05, 4.69) is 15.4 Å². The van der Waals surface area contributed by atoms with Crippen LogP contribution in [0, 0.1) is 6.92 Å². The minimum absolute atomic E-state index is 0.0293. The lowest BCUT2D eigenvalue weighted by molar-refractivity contribution is -0.137. The van der Waals surface area contributed by atoms with Crippen molar-refractivity contribution in [3.05, 3.63) is 77.6 Å². The van der Waals surface area contributed by atoms with Gasteiger partial charge in [-0.2, -0.15) is 18.3 Å². The van der Waals surface area contributed by atoms with Gasteiger partial charge in [0.05, 0.1) is 17.9 Å². The second-order valence-electron chi connectivity index (χ2n) is 7.07. The Morgan fingerprint density at radius 1 is 1.09 bits per heavy atom. The van der Waals surface area contributed by atoms with E-state index in [1.807, 2.05) is 44.2 Å². The number of nitrogens with one attached hydrogen (secondary N) is 1. The molecule has 1 amide bonds. The summed E-state index contributed by atoms with van der Waals surface area (Å²) in [4.78, 5) is 17.2. The summed E-state index contributed by atoms with van der Waals surface area (Å²) in [6.07, 6.45) is -4.50. The lowest BCUT2D eigenvalue weighted by Gasteiger charge is -2.09. The van der Waals surface area contributed by atoms with Crippen molar-refractivity contribution in [2.24, 2.45) is 0 Å². The quantitative estimate of drug-likeness (QED) is 0.453. The third-order valence-electron chi connectivity index (χ3n) is 4.75. The highest BCUT2D eigenvalue weighted by atomic mass is 19.4. The van der Waals surface area contributed by atoms with E-state index in [0.717, 1.165) is 29.1 Å². The monoisotopic (exact) mass is 440 g/mol. The van der Waals surface area contributed by atoms with Crippen LogP contribution in [0.2, 0.25) is 0 Å². The number of hydrogen-bond donors (Lipinski definition) is 1. The smallest absolute Gasteiger partial charge is 0.416 e. The molecule has 0 atom stereocenters. The van der Waals surface area contributed by atoms with E-state index in [1.54, 1.807) is 0 Å². The van der Waals surface area contributed by atoms with Crippen LogP contribution in [-0.4, -0.2) is 27.1 Å². The predicted molar refractivity (Wildman–Crippen MR) is 114 cm³/mol. The molecule has 2 aromatic carbocycles. The Kier molecular flexibility index (Phi) is 5.56. The number of amides is 1. The summed E-state index contributed by atoms with van der Waals surface area (Å²) in [5, 5.41) is 6.71. The molecule has 0 aliphatic carbocycles. The van der Waals surface area contributed by atoms with Crippen molar-refractivity contribution in [1.82, 2.24) is 14.6 Å². The maximum atomic E-state index is 12.9. The Bertz CT molecular complexity index is 1280. The number of rotatable bonds is 5. The zero-order valence-electron chi connectivity index (χ0n) is 17.3. The molecule has 0 spiro atoms. The van der Waals surface area contributed by atoms with Crippen molar-refractivity contribution in [1.29, 1.82) is 0 Å². The molecule has 2 aromatic heterocycles. The van der Waals surface area contributed by atoms with E-state index < -0.39 is 17.6 Å². The van der Waals surface area contributed by atoms with Crippen LogP contribution in [0.1, 0.15) is 28.7 Å². The van der Waals surface area contributed by atoms with Gasteiger partial charge in [-0.15, -0.1) is 0 Å². The number of aryl methyl sites for hydroxylation is 1. The van der Waals surface area contributed by atoms with Crippen molar-refractivity contribution < 1.29 is 22.7 Å². The summed E-state index contributed by atoms with van der Waals surface area (Å²) in [6.45, 7) is 4.31. The van der Waals surface area contributed by atoms with Crippen molar-refractivity contribution in [3.8, 4) is 17.0 Å². The number of carbonyl (C=O) groups excluding carboxylic acids is 1. The van der Waals surface area contributed by atoms with Crippen LogP contribution in [0.3, 0.4) is 0 Å². The molecule has 0 saturated heterocycles. The van der Waals surface area contributed by atoms with Gasteiger partial charge in [-0.25, -0.2) is 9.50 Å². The van der Waals surface area contributed by atoms with Crippen LogP contribution in [0.15, 0.2) is 60.7 Å². The summed E-state index contributed by atoms with van der Waals surface area (Å²) in [6, 6.07) is 15.2. The molecule has 164 valence electrons. The molecular weight excluding hydrogens is 421 g/mol. The maximum Gasteiger partial charge on any atom is 0.416 e. The summed E-state index contributed by atoms with van der Waals surface area (Å²) >= 11 is 0. The molecule has 0 saturated carbocycles. The fraction of sp³-hybridized carbons (Fsp3) is 0.174. The highest BCUT2D eigenvalue weighted by Gasteiger charge is 2.30. The number of ether oxygens (including phenoxy) is 1. The van der Waals surface area contributed by atoms with Gasteiger partial charge in [0, 0.05) is 23.0 Å². The first-order valence-electron chi connectivity index (χ1n) is 9.84. The van der Waals surface area contributed by atoms with Crippen LogP contribution in [-0.2, 0) is 6.18 Å². The van der Waals surface area contributed by atoms with Crippen molar-refractivity contribution >= 4 is 17.2 Å². The van der Waals surface area contributed by atoms with Gasteiger partial charge < -0.3 is 10.1 Å². The van der Waals surface area contributed by atoms with Crippen LogP contribution in [0.25, 0.3) is 16.9 Å². The molecule has 0 bridgehead atoms. The molecule has 0 radical (unpaired) electrons. The van der Waals surface area contributed by atoms with Gasteiger partial charge in [0.2, 0.25) is 0 Å². The number of benzene rings is 2. The van der Waals surface area contributed by atoms with Gasteiger partial charge in [-0.05, 0) is 62.4 Å². The van der Waals surface area contributed by atoms with Crippen LogP contribution in [0.4, 0.5) is 18.9 Å². The number of nitrogens with zero attached hydrogens (tertiary/aromatic N) is 3. The van der Waals surface area contributed by atoms with Crippen LogP contribution >= 0.6 is 0 Å². The number of halogens is 3. The van der Waals surface area contributed by atoms with Gasteiger partial charge in [-0.3, -0.25) is 4.79 Å². The lowest BCUT2D eigenvalue weighted by atomic mass is 10.1. The Labute approximate surface area is 181 Å². The van der Waals surface area contributed by atoms with E-state index >= 15 is 0 Å². The zero-order chi connectivity index (χ0) is 22.9. The number of carbonyl (C=O) groups is 1.